The summed E-state index contributed by atoms with van der Waals surface area (Å²) in [7, 11) is 0. The summed E-state index contributed by atoms with van der Waals surface area (Å²) in [5, 5.41) is 9.88. The highest BCUT2D eigenvalue weighted by molar-refractivity contribution is 7.15. The number of carbonyl (C=O) groups is 2. The molecular weight excluding hydrogens is 393 g/mol. The monoisotopic (exact) mass is 406 g/mol. The number of nitrogens with one attached hydrogen (secondary N) is 2. The Hall–Kier alpha value is -3.27. The van der Waals surface area contributed by atoms with Gasteiger partial charge in [-0.15, -0.1) is 10.2 Å². The summed E-state index contributed by atoms with van der Waals surface area (Å²) in [5.74, 6) is -0.844. The maximum absolute atomic E-state index is 12.5. The van der Waals surface area contributed by atoms with Crippen LogP contribution in [0, 0.1) is 0 Å². The van der Waals surface area contributed by atoms with Gasteiger partial charge >= 0.3 is 6.18 Å². The summed E-state index contributed by atoms with van der Waals surface area (Å²) in [4.78, 5) is 24.1. The minimum atomic E-state index is -4.61. The van der Waals surface area contributed by atoms with E-state index in [1.807, 2.05) is 30.3 Å². The first-order chi connectivity index (χ1) is 13.3. The van der Waals surface area contributed by atoms with Crippen LogP contribution in [0.25, 0.3) is 0 Å². The molecule has 0 fully saturated rings. The molecule has 0 radical (unpaired) electrons. The van der Waals surface area contributed by atoms with E-state index in [1.165, 1.54) is 24.3 Å². The lowest BCUT2D eigenvalue weighted by Crippen LogP contribution is -2.15. The van der Waals surface area contributed by atoms with Crippen LogP contribution in [0.2, 0.25) is 0 Å². The Morgan fingerprint density at radius 2 is 1.61 bits per heavy atom. The highest BCUT2D eigenvalue weighted by Crippen LogP contribution is 2.33. The van der Waals surface area contributed by atoms with Gasteiger partial charge in [0.2, 0.25) is 16.0 Å². The molecule has 2 amide bonds. The van der Waals surface area contributed by atoms with Crippen LogP contribution in [-0.2, 0) is 17.4 Å². The second-order valence-corrected chi connectivity index (χ2v) is 6.63. The molecule has 2 aromatic carbocycles. The van der Waals surface area contributed by atoms with Crippen LogP contribution in [-0.4, -0.2) is 22.0 Å². The first-order valence-corrected chi connectivity index (χ1v) is 8.79. The fourth-order valence-corrected chi connectivity index (χ4v) is 2.85. The molecule has 1 aromatic heterocycles. The Morgan fingerprint density at radius 3 is 2.21 bits per heavy atom. The van der Waals surface area contributed by atoms with Gasteiger partial charge < -0.3 is 5.32 Å². The number of carbonyl (C=O) groups excluding carboxylic acids is 2. The van der Waals surface area contributed by atoms with Crippen molar-refractivity contribution < 1.29 is 22.8 Å². The van der Waals surface area contributed by atoms with Gasteiger partial charge in [-0.3, -0.25) is 14.9 Å². The third-order valence-electron chi connectivity index (χ3n) is 3.53. The summed E-state index contributed by atoms with van der Waals surface area (Å²) in [6.45, 7) is 0. The molecule has 0 saturated carbocycles. The number of aromatic nitrogens is 2. The second-order valence-electron chi connectivity index (χ2n) is 5.65. The molecule has 0 aliphatic heterocycles. The minimum Gasteiger partial charge on any atom is -0.326 e. The SMILES string of the molecule is O=C(Cc1ccccc1)Nc1ccc(C(=O)Nc2nnc(C(F)(F)F)s2)cc1. The van der Waals surface area contributed by atoms with E-state index in [-0.39, 0.29) is 34.4 Å². The van der Waals surface area contributed by atoms with Crippen molar-refractivity contribution in [3.8, 4) is 0 Å². The van der Waals surface area contributed by atoms with Gasteiger partial charge in [0.1, 0.15) is 0 Å². The van der Waals surface area contributed by atoms with E-state index in [4.69, 9.17) is 0 Å². The molecule has 1 heterocycles. The number of hydrogen-bond donors (Lipinski definition) is 2. The molecule has 28 heavy (non-hydrogen) atoms. The predicted molar refractivity (Wildman–Crippen MR) is 98.1 cm³/mol. The molecule has 0 unspecified atom stereocenters. The fourth-order valence-electron chi connectivity index (χ4n) is 2.25. The van der Waals surface area contributed by atoms with Gasteiger partial charge in [0, 0.05) is 11.3 Å². The van der Waals surface area contributed by atoms with E-state index < -0.39 is 17.1 Å². The molecule has 2 N–H and O–H groups in total. The number of hydrogen-bond acceptors (Lipinski definition) is 5. The molecule has 0 bridgehead atoms. The number of amides is 2. The maximum atomic E-state index is 12.5. The average molecular weight is 406 g/mol. The highest BCUT2D eigenvalue weighted by atomic mass is 32.1. The van der Waals surface area contributed by atoms with Crippen molar-refractivity contribution in [2.75, 3.05) is 10.6 Å². The van der Waals surface area contributed by atoms with E-state index in [0.29, 0.717) is 5.69 Å². The van der Waals surface area contributed by atoms with Gasteiger partial charge in [-0.1, -0.05) is 41.7 Å². The molecule has 144 valence electrons. The van der Waals surface area contributed by atoms with E-state index in [0.717, 1.165) is 5.56 Å². The molecule has 3 aromatic rings. The summed E-state index contributed by atoms with van der Waals surface area (Å²) in [6.07, 6.45) is -4.40. The van der Waals surface area contributed by atoms with Crippen molar-refractivity contribution in [1.82, 2.24) is 10.2 Å². The Bertz CT molecular complexity index is 973. The zero-order valence-corrected chi connectivity index (χ0v) is 15.0. The van der Waals surface area contributed by atoms with Crippen molar-refractivity contribution >= 4 is 34.0 Å². The van der Waals surface area contributed by atoms with Crippen molar-refractivity contribution in [2.24, 2.45) is 0 Å². The molecule has 3 rings (SSSR count). The molecule has 0 atom stereocenters. The highest BCUT2D eigenvalue weighted by Gasteiger charge is 2.35. The van der Waals surface area contributed by atoms with Gasteiger partial charge in [0.05, 0.1) is 6.42 Å². The third kappa shape index (κ3) is 5.13. The molecule has 0 aliphatic carbocycles. The van der Waals surface area contributed by atoms with E-state index in [2.05, 4.69) is 20.8 Å². The summed E-state index contributed by atoms with van der Waals surface area (Å²) in [5.41, 5.74) is 1.56. The maximum Gasteiger partial charge on any atom is 0.445 e. The topological polar surface area (TPSA) is 84.0 Å². The molecular formula is C18H13F3N4O2S. The van der Waals surface area contributed by atoms with Gasteiger partial charge in [-0.05, 0) is 29.8 Å². The Kier molecular flexibility index (Phi) is 5.69. The van der Waals surface area contributed by atoms with Crippen LogP contribution in [0.4, 0.5) is 24.0 Å². The van der Waals surface area contributed by atoms with Crippen LogP contribution in [0.3, 0.4) is 0 Å². The zero-order chi connectivity index (χ0) is 20.1. The van der Waals surface area contributed by atoms with Crippen molar-refractivity contribution in [1.29, 1.82) is 0 Å². The zero-order valence-electron chi connectivity index (χ0n) is 14.2. The van der Waals surface area contributed by atoms with Crippen molar-refractivity contribution in [3.63, 3.8) is 0 Å². The fraction of sp³-hybridized carbons (Fsp3) is 0.111. The summed E-state index contributed by atoms with van der Waals surface area (Å²) < 4.78 is 37.5. The van der Waals surface area contributed by atoms with Crippen LogP contribution in [0.1, 0.15) is 20.9 Å². The summed E-state index contributed by atoms with van der Waals surface area (Å²) in [6, 6.07) is 15.2. The molecule has 6 nitrogen and oxygen atoms in total. The third-order valence-corrected chi connectivity index (χ3v) is 4.41. The molecule has 0 spiro atoms. The first-order valence-electron chi connectivity index (χ1n) is 7.97. The lowest BCUT2D eigenvalue weighted by molar-refractivity contribution is -0.138. The summed E-state index contributed by atoms with van der Waals surface area (Å²) >= 11 is 0.239. The van der Waals surface area contributed by atoms with E-state index in [1.54, 1.807) is 0 Å². The number of halogens is 3. The average Bonchev–Trinajstić information content (AvgIpc) is 3.12. The minimum absolute atomic E-state index is 0.199. The van der Waals surface area contributed by atoms with Crippen LogP contribution < -0.4 is 10.6 Å². The number of nitrogens with zero attached hydrogens (tertiary/aromatic N) is 2. The second kappa shape index (κ2) is 8.17. The molecule has 0 saturated heterocycles. The largest absolute Gasteiger partial charge is 0.445 e. The van der Waals surface area contributed by atoms with Gasteiger partial charge in [-0.25, -0.2) is 0 Å². The van der Waals surface area contributed by atoms with Crippen molar-refractivity contribution in [3.05, 3.63) is 70.7 Å². The Labute approximate surface area is 161 Å². The van der Waals surface area contributed by atoms with Crippen LogP contribution in [0.5, 0.6) is 0 Å². The molecule has 10 heteroatoms. The predicted octanol–water partition coefficient (Wildman–Crippen LogP) is 3.99. The lowest BCUT2D eigenvalue weighted by atomic mass is 10.1. The lowest BCUT2D eigenvalue weighted by Gasteiger charge is -2.07. The number of rotatable bonds is 5. The quantitative estimate of drug-likeness (QED) is 0.671. The van der Waals surface area contributed by atoms with Crippen molar-refractivity contribution in [2.45, 2.75) is 12.6 Å². The van der Waals surface area contributed by atoms with E-state index >= 15 is 0 Å². The first kappa shape index (κ1) is 19.5. The van der Waals surface area contributed by atoms with Gasteiger partial charge in [0.25, 0.3) is 5.91 Å². The van der Waals surface area contributed by atoms with E-state index in [9.17, 15) is 22.8 Å². The number of benzene rings is 2. The standard InChI is InChI=1S/C18H13F3N4O2S/c19-18(20,21)16-24-25-17(28-16)23-15(27)12-6-8-13(9-7-12)22-14(26)10-11-4-2-1-3-5-11/h1-9H,10H2,(H,22,26)(H,23,25,27). The Balaban J connectivity index is 1.58. The van der Waals surface area contributed by atoms with Gasteiger partial charge in [0.15, 0.2) is 0 Å². The Morgan fingerprint density at radius 1 is 0.929 bits per heavy atom. The molecule has 0 aliphatic rings. The number of alkyl halides is 3. The normalized spacial score (nSPS) is 11.1. The smallest absolute Gasteiger partial charge is 0.326 e. The van der Waals surface area contributed by atoms with Crippen LogP contribution >= 0.6 is 11.3 Å². The number of anilines is 2. The van der Waals surface area contributed by atoms with Gasteiger partial charge in [-0.2, -0.15) is 13.2 Å². The van der Waals surface area contributed by atoms with Crippen LogP contribution in [0.15, 0.2) is 54.6 Å².